The molecule has 1 fully saturated rings. The molecule has 2 N–H and O–H groups in total. The van der Waals surface area contributed by atoms with Crippen molar-refractivity contribution in [3.63, 3.8) is 0 Å². The molecule has 0 spiro atoms. The average molecular weight is 265 g/mol. The molecule has 1 aromatic rings. The molecule has 0 aromatic carbocycles. The first-order chi connectivity index (χ1) is 8.72. The normalized spacial score (nSPS) is 17.6. The number of amides is 1. The number of ether oxygens (including phenoxy) is 1. The van der Waals surface area contributed by atoms with Gasteiger partial charge in [0, 0.05) is 32.2 Å². The van der Waals surface area contributed by atoms with E-state index in [4.69, 9.17) is 17.0 Å². The number of hydrogen-bond acceptors (Lipinski definition) is 3. The van der Waals surface area contributed by atoms with Gasteiger partial charge in [-0.1, -0.05) is 0 Å². The Labute approximate surface area is 111 Å². The Balaban J connectivity index is 2.04. The molecule has 1 aromatic heterocycles. The van der Waals surface area contributed by atoms with Gasteiger partial charge in [-0.3, -0.25) is 9.69 Å². The number of carbonyl (C=O) groups is 1. The summed E-state index contributed by atoms with van der Waals surface area (Å²) < 4.78 is 4.96. The molecule has 18 heavy (non-hydrogen) atoms. The summed E-state index contributed by atoms with van der Waals surface area (Å²) in [4.78, 5) is 16.7. The van der Waals surface area contributed by atoms with Crippen molar-refractivity contribution in [3.05, 3.63) is 29.7 Å². The van der Waals surface area contributed by atoms with Gasteiger partial charge in [0.2, 0.25) is 0 Å². The van der Waals surface area contributed by atoms with Crippen LogP contribution in [0, 0.1) is 0 Å². The van der Waals surface area contributed by atoms with Crippen molar-refractivity contribution in [2.75, 3.05) is 20.3 Å². The zero-order chi connectivity index (χ0) is 13.0. The van der Waals surface area contributed by atoms with Crippen molar-refractivity contribution in [3.8, 4) is 0 Å². The predicted octanol–water partition coefficient (Wildman–Crippen LogP) is 1.11. The lowest BCUT2D eigenvalue weighted by molar-refractivity contribution is -0.122. The first kappa shape index (κ1) is 12.8. The first-order valence-electron chi connectivity index (χ1n) is 5.69. The fraction of sp³-hybridized carbons (Fsp3) is 0.333. The third-order valence-corrected chi connectivity index (χ3v) is 2.94. The Morgan fingerprint density at radius 3 is 3.06 bits per heavy atom. The maximum absolute atomic E-state index is 12.1. The fourth-order valence-electron chi connectivity index (χ4n) is 1.73. The summed E-state index contributed by atoms with van der Waals surface area (Å²) in [5.41, 5.74) is 1.37. The molecule has 0 saturated carbocycles. The van der Waals surface area contributed by atoms with E-state index in [0.717, 1.165) is 12.1 Å². The van der Waals surface area contributed by atoms with Crippen LogP contribution in [-0.2, 0) is 9.53 Å². The van der Waals surface area contributed by atoms with Crippen LogP contribution >= 0.6 is 12.2 Å². The molecule has 5 nitrogen and oxygen atoms in total. The van der Waals surface area contributed by atoms with Crippen LogP contribution in [0.1, 0.15) is 12.1 Å². The molecule has 1 saturated heterocycles. The van der Waals surface area contributed by atoms with E-state index in [1.807, 2.05) is 12.1 Å². The van der Waals surface area contributed by atoms with E-state index in [0.29, 0.717) is 24.0 Å². The zero-order valence-electron chi connectivity index (χ0n) is 10.1. The quantitative estimate of drug-likeness (QED) is 0.476. The number of carbonyl (C=O) groups excluding carboxylic acids is 1. The summed E-state index contributed by atoms with van der Waals surface area (Å²) in [6.07, 6.45) is 4.32. The standard InChI is InChI=1S/C12H15N3O2S/c1-17-7-3-6-15-11(16)10(14-12(15)18)8-9-4-2-5-13-9/h2,4-5,8,13H,3,6-7H2,1H3,(H,14,18)/b10-8+. The highest BCUT2D eigenvalue weighted by molar-refractivity contribution is 7.80. The smallest absolute Gasteiger partial charge is 0.276 e. The van der Waals surface area contributed by atoms with Gasteiger partial charge in [0.1, 0.15) is 5.70 Å². The van der Waals surface area contributed by atoms with E-state index in [9.17, 15) is 4.79 Å². The third-order valence-electron chi connectivity index (χ3n) is 2.61. The molecule has 2 rings (SSSR count). The van der Waals surface area contributed by atoms with Crippen LogP contribution in [0.2, 0.25) is 0 Å². The number of thiocarbonyl (C=S) groups is 1. The van der Waals surface area contributed by atoms with Crippen LogP contribution < -0.4 is 5.32 Å². The predicted molar refractivity (Wildman–Crippen MR) is 72.7 cm³/mol. The van der Waals surface area contributed by atoms with Gasteiger partial charge in [0.05, 0.1) is 0 Å². The molecule has 0 atom stereocenters. The minimum Gasteiger partial charge on any atom is -0.385 e. The minimum absolute atomic E-state index is 0.0919. The topological polar surface area (TPSA) is 57.4 Å². The Morgan fingerprint density at radius 1 is 1.56 bits per heavy atom. The second kappa shape index (κ2) is 5.79. The summed E-state index contributed by atoms with van der Waals surface area (Å²) in [6, 6.07) is 3.76. The van der Waals surface area contributed by atoms with Gasteiger partial charge >= 0.3 is 0 Å². The Hall–Kier alpha value is -1.66. The number of hydrogen-bond donors (Lipinski definition) is 2. The summed E-state index contributed by atoms with van der Waals surface area (Å²) in [6.45, 7) is 1.18. The molecule has 6 heteroatoms. The molecular weight excluding hydrogens is 250 g/mol. The van der Waals surface area contributed by atoms with E-state index in [1.165, 1.54) is 0 Å². The molecule has 96 valence electrons. The second-order valence-electron chi connectivity index (χ2n) is 3.92. The van der Waals surface area contributed by atoms with Crippen LogP contribution in [0.15, 0.2) is 24.0 Å². The van der Waals surface area contributed by atoms with Crippen LogP contribution in [-0.4, -0.2) is 41.2 Å². The summed E-state index contributed by atoms with van der Waals surface area (Å²) >= 11 is 5.14. The molecule has 1 amide bonds. The first-order valence-corrected chi connectivity index (χ1v) is 6.10. The average Bonchev–Trinajstić information content (AvgIpc) is 2.93. The van der Waals surface area contributed by atoms with E-state index < -0.39 is 0 Å². The van der Waals surface area contributed by atoms with Gasteiger partial charge in [0.25, 0.3) is 5.91 Å². The highest BCUT2D eigenvalue weighted by Crippen LogP contribution is 2.13. The number of rotatable bonds is 5. The lowest BCUT2D eigenvalue weighted by Gasteiger charge is -2.12. The molecular formula is C12H15N3O2S. The molecule has 0 bridgehead atoms. The maximum atomic E-state index is 12.1. The Bertz CT molecular complexity index is 468. The number of H-pyrrole nitrogens is 1. The summed E-state index contributed by atoms with van der Waals surface area (Å²) in [5, 5.41) is 3.38. The van der Waals surface area contributed by atoms with Crippen LogP contribution in [0.4, 0.5) is 0 Å². The highest BCUT2D eigenvalue weighted by Gasteiger charge is 2.29. The van der Waals surface area contributed by atoms with Gasteiger partial charge in [-0.15, -0.1) is 0 Å². The number of methoxy groups -OCH3 is 1. The molecule has 0 radical (unpaired) electrons. The van der Waals surface area contributed by atoms with E-state index in [2.05, 4.69) is 10.3 Å². The molecule has 2 heterocycles. The number of aromatic amines is 1. The highest BCUT2D eigenvalue weighted by atomic mass is 32.1. The Kier molecular flexibility index (Phi) is 4.11. The largest absolute Gasteiger partial charge is 0.385 e. The van der Waals surface area contributed by atoms with Crippen LogP contribution in [0.25, 0.3) is 6.08 Å². The van der Waals surface area contributed by atoms with Gasteiger partial charge in [0.15, 0.2) is 5.11 Å². The molecule has 0 aliphatic carbocycles. The monoisotopic (exact) mass is 265 g/mol. The lowest BCUT2D eigenvalue weighted by atomic mass is 10.3. The lowest BCUT2D eigenvalue weighted by Crippen LogP contribution is -2.32. The Morgan fingerprint density at radius 2 is 2.39 bits per heavy atom. The van der Waals surface area contributed by atoms with Crippen molar-refractivity contribution in [2.24, 2.45) is 0 Å². The zero-order valence-corrected chi connectivity index (χ0v) is 10.9. The SMILES string of the molecule is COCCCN1C(=O)/C(=C\c2ccc[nH]2)NC1=S. The summed E-state index contributed by atoms with van der Waals surface area (Å²) in [7, 11) is 1.64. The van der Waals surface area contributed by atoms with Gasteiger partial charge < -0.3 is 15.0 Å². The second-order valence-corrected chi connectivity index (χ2v) is 4.30. The number of nitrogens with zero attached hydrogens (tertiary/aromatic N) is 1. The van der Waals surface area contributed by atoms with Crippen LogP contribution in [0.5, 0.6) is 0 Å². The van der Waals surface area contributed by atoms with Crippen molar-refractivity contribution < 1.29 is 9.53 Å². The van der Waals surface area contributed by atoms with Crippen molar-refractivity contribution >= 4 is 29.3 Å². The molecule has 1 aliphatic rings. The van der Waals surface area contributed by atoms with Crippen LogP contribution in [0.3, 0.4) is 0 Å². The number of nitrogens with one attached hydrogen (secondary N) is 2. The van der Waals surface area contributed by atoms with Crippen molar-refractivity contribution in [2.45, 2.75) is 6.42 Å². The van der Waals surface area contributed by atoms with Gasteiger partial charge in [-0.25, -0.2) is 0 Å². The van der Waals surface area contributed by atoms with Gasteiger partial charge in [-0.2, -0.15) is 0 Å². The van der Waals surface area contributed by atoms with Gasteiger partial charge in [-0.05, 0) is 36.8 Å². The van der Waals surface area contributed by atoms with E-state index in [-0.39, 0.29) is 5.91 Å². The van der Waals surface area contributed by atoms with Crippen molar-refractivity contribution in [1.29, 1.82) is 0 Å². The fourth-order valence-corrected chi connectivity index (χ4v) is 2.02. The van der Waals surface area contributed by atoms with Crippen molar-refractivity contribution in [1.82, 2.24) is 15.2 Å². The number of aromatic nitrogens is 1. The maximum Gasteiger partial charge on any atom is 0.276 e. The minimum atomic E-state index is -0.0919. The van der Waals surface area contributed by atoms with E-state index >= 15 is 0 Å². The summed E-state index contributed by atoms with van der Waals surface area (Å²) in [5.74, 6) is -0.0919. The molecule has 1 aliphatic heterocycles. The van der Waals surface area contributed by atoms with E-state index in [1.54, 1.807) is 24.3 Å². The molecule has 0 unspecified atom stereocenters. The third kappa shape index (κ3) is 2.77.